The van der Waals surface area contributed by atoms with Crippen LogP contribution >= 0.6 is 11.6 Å². The first kappa shape index (κ1) is 21.0. The number of carbonyl (C=O) groups excluding carboxylic acids is 1. The van der Waals surface area contributed by atoms with Crippen LogP contribution in [0.1, 0.15) is 30.0 Å². The van der Waals surface area contributed by atoms with Crippen LogP contribution in [-0.2, 0) is 16.0 Å². The Morgan fingerprint density at radius 2 is 1.83 bits per heavy atom. The number of hydrogen-bond acceptors (Lipinski definition) is 4. The highest BCUT2D eigenvalue weighted by atomic mass is 35.5. The number of benzene rings is 2. The van der Waals surface area contributed by atoms with Crippen LogP contribution in [0.4, 0.5) is 0 Å². The summed E-state index contributed by atoms with van der Waals surface area (Å²) in [4.78, 5) is 26.3. The molecule has 1 amide bonds. The molecule has 2 atom stereocenters. The van der Waals surface area contributed by atoms with E-state index in [1.54, 1.807) is 43.4 Å². The van der Waals surface area contributed by atoms with Gasteiger partial charge in [-0.15, -0.1) is 0 Å². The third-order valence-electron chi connectivity index (χ3n) is 5.32. The van der Waals surface area contributed by atoms with Gasteiger partial charge in [0.1, 0.15) is 0 Å². The van der Waals surface area contributed by atoms with Crippen molar-refractivity contribution in [2.24, 2.45) is 5.92 Å². The molecule has 1 aliphatic rings. The number of carboxylic acids is 1. The number of halogens is 1. The summed E-state index contributed by atoms with van der Waals surface area (Å²) in [5.74, 6) is -0.335. The molecule has 0 saturated carbocycles. The summed E-state index contributed by atoms with van der Waals surface area (Å²) in [6, 6.07) is 12.1. The maximum absolute atomic E-state index is 12.7. The second kappa shape index (κ2) is 9.18. The lowest BCUT2D eigenvalue weighted by Crippen LogP contribution is -2.46. The first-order valence-corrected chi connectivity index (χ1v) is 9.81. The smallest absolute Gasteiger partial charge is 0.308 e. The lowest BCUT2D eigenvalue weighted by atomic mass is 9.84. The largest absolute Gasteiger partial charge is 0.493 e. The maximum atomic E-state index is 12.7. The van der Waals surface area contributed by atoms with Crippen LogP contribution < -0.4 is 9.47 Å². The molecule has 0 bridgehead atoms. The monoisotopic (exact) mass is 417 g/mol. The predicted molar refractivity (Wildman–Crippen MR) is 110 cm³/mol. The van der Waals surface area contributed by atoms with Crippen LogP contribution in [0.15, 0.2) is 42.5 Å². The van der Waals surface area contributed by atoms with Gasteiger partial charge in [0, 0.05) is 18.0 Å². The van der Waals surface area contributed by atoms with E-state index in [4.69, 9.17) is 21.1 Å². The Balaban J connectivity index is 1.86. The van der Waals surface area contributed by atoms with E-state index < -0.39 is 17.9 Å². The highest BCUT2D eigenvalue weighted by molar-refractivity contribution is 6.30. The van der Waals surface area contributed by atoms with Gasteiger partial charge in [0.05, 0.1) is 26.2 Å². The molecule has 154 valence electrons. The van der Waals surface area contributed by atoms with Crippen LogP contribution in [-0.4, -0.2) is 42.6 Å². The third kappa shape index (κ3) is 4.65. The number of methoxy groups -OCH3 is 2. The van der Waals surface area contributed by atoms with Gasteiger partial charge in [-0.05, 0) is 48.2 Å². The molecule has 0 aromatic heterocycles. The molecule has 1 saturated heterocycles. The lowest BCUT2D eigenvalue weighted by Gasteiger charge is -2.40. The fourth-order valence-corrected chi connectivity index (χ4v) is 3.96. The van der Waals surface area contributed by atoms with E-state index in [2.05, 4.69) is 0 Å². The van der Waals surface area contributed by atoms with Crippen LogP contribution in [0.3, 0.4) is 0 Å². The number of carboxylic acid groups (broad SMARTS) is 1. The van der Waals surface area contributed by atoms with E-state index in [9.17, 15) is 14.7 Å². The number of likely N-dealkylation sites (tertiary alicyclic amines) is 1. The van der Waals surface area contributed by atoms with E-state index in [1.165, 1.54) is 0 Å². The molecule has 1 N–H and O–H groups in total. The number of rotatable bonds is 7. The predicted octanol–water partition coefficient (Wildman–Crippen LogP) is 3.96. The second-order valence-electron chi connectivity index (χ2n) is 7.01. The van der Waals surface area contributed by atoms with E-state index in [-0.39, 0.29) is 12.3 Å². The number of ether oxygens (including phenoxy) is 2. The van der Waals surface area contributed by atoms with Crippen molar-refractivity contribution in [2.45, 2.75) is 25.3 Å². The molecular weight excluding hydrogens is 394 g/mol. The van der Waals surface area contributed by atoms with Gasteiger partial charge in [-0.2, -0.15) is 0 Å². The normalized spacial score (nSPS) is 19.1. The molecule has 6 nitrogen and oxygen atoms in total. The van der Waals surface area contributed by atoms with Gasteiger partial charge in [0.2, 0.25) is 5.91 Å². The van der Waals surface area contributed by atoms with Crippen LogP contribution in [0.25, 0.3) is 0 Å². The third-order valence-corrected chi connectivity index (χ3v) is 5.58. The highest BCUT2D eigenvalue weighted by Gasteiger charge is 2.40. The van der Waals surface area contributed by atoms with Gasteiger partial charge < -0.3 is 19.5 Å². The SMILES string of the molecule is COc1ccc(CCN2C(=O)CCC(C(=O)O)C2c2ccc(Cl)cc2)cc1OC. The summed E-state index contributed by atoms with van der Waals surface area (Å²) in [6.45, 7) is 0.408. The Morgan fingerprint density at radius 1 is 1.14 bits per heavy atom. The summed E-state index contributed by atoms with van der Waals surface area (Å²) in [6.07, 6.45) is 1.13. The number of amides is 1. The van der Waals surface area contributed by atoms with Crippen LogP contribution in [0.2, 0.25) is 5.02 Å². The molecule has 29 heavy (non-hydrogen) atoms. The van der Waals surface area contributed by atoms with Crippen molar-refractivity contribution >= 4 is 23.5 Å². The molecule has 0 spiro atoms. The number of piperidine rings is 1. The van der Waals surface area contributed by atoms with Crippen molar-refractivity contribution in [1.82, 2.24) is 4.90 Å². The van der Waals surface area contributed by atoms with E-state index in [0.717, 1.165) is 11.1 Å². The molecule has 1 fully saturated rings. The molecule has 7 heteroatoms. The van der Waals surface area contributed by atoms with E-state index in [1.807, 2.05) is 18.2 Å². The van der Waals surface area contributed by atoms with Gasteiger partial charge in [-0.1, -0.05) is 29.8 Å². The fourth-order valence-electron chi connectivity index (χ4n) is 3.83. The minimum atomic E-state index is -0.895. The Morgan fingerprint density at radius 3 is 2.45 bits per heavy atom. The highest BCUT2D eigenvalue weighted by Crippen LogP contribution is 2.37. The molecule has 2 aromatic carbocycles. The number of aliphatic carboxylic acids is 1. The molecule has 2 unspecified atom stereocenters. The zero-order valence-corrected chi connectivity index (χ0v) is 17.2. The van der Waals surface area contributed by atoms with Gasteiger partial charge >= 0.3 is 5.97 Å². The molecular formula is C22H24ClNO5. The van der Waals surface area contributed by atoms with Gasteiger partial charge in [0.15, 0.2) is 11.5 Å². The van der Waals surface area contributed by atoms with Gasteiger partial charge in [-0.3, -0.25) is 9.59 Å². The minimum absolute atomic E-state index is 0.0390. The fraction of sp³-hybridized carbons (Fsp3) is 0.364. The van der Waals surface area contributed by atoms with Crippen LogP contribution in [0, 0.1) is 5.92 Å². The molecule has 0 aliphatic carbocycles. The molecule has 2 aromatic rings. The van der Waals surface area contributed by atoms with Crippen molar-refractivity contribution in [3.8, 4) is 11.5 Å². The van der Waals surface area contributed by atoms with E-state index >= 15 is 0 Å². The topological polar surface area (TPSA) is 76.1 Å². The Labute approximate surface area is 175 Å². The Bertz CT molecular complexity index is 883. The second-order valence-corrected chi connectivity index (χ2v) is 7.44. The van der Waals surface area contributed by atoms with Crippen molar-refractivity contribution in [3.63, 3.8) is 0 Å². The number of carbonyl (C=O) groups is 2. The van der Waals surface area contributed by atoms with Crippen molar-refractivity contribution < 1.29 is 24.2 Å². The van der Waals surface area contributed by atoms with Gasteiger partial charge in [0.25, 0.3) is 0 Å². The zero-order valence-electron chi connectivity index (χ0n) is 16.4. The number of nitrogens with zero attached hydrogens (tertiary/aromatic N) is 1. The van der Waals surface area contributed by atoms with Gasteiger partial charge in [-0.25, -0.2) is 0 Å². The zero-order chi connectivity index (χ0) is 21.0. The summed E-state index contributed by atoms with van der Waals surface area (Å²) < 4.78 is 10.6. The Hall–Kier alpha value is -2.73. The average Bonchev–Trinajstić information content (AvgIpc) is 2.72. The molecule has 0 radical (unpaired) electrons. The number of hydrogen-bond donors (Lipinski definition) is 1. The summed E-state index contributed by atoms with van der Waals surface area (Å²) in [5.41, 5.74) is 1.75. The van der Waals surface area contributed by atoms with Crippen LogP contribution in [0.5, 0.6) is 11.5 Å². The first-order chi connectivity index (χ1) is 13.9. The quantitative estimate of drug-likeness (QED) is 0.737. The summed E-state index contributed by atoms with van der Waals surface area (Å²) >= 11 is 5.99. The Kier molecular flexibility index (Phi) is 6.64. The summed E-state index contributed by atoms with van der Waals surface area (Å²) in [7, 11) is 3.15. The average molecular weight is 418 g/mol. The van der Waals surface area contributed by atoms with Crippen molar-refractivity contribution in [2.75, 3.05) is 20.8 Å². The molecule has 3 rings (SSSR count). The minimum Gasteiger partial charge on any atom is -0.493 e. The standard InChI is InChI=1S/C22H24ClNO5/c1-28-18-9-3-14(13-19(18)29-2)11-12-24-20(25)10-8-17(22(26)27)21(24)15-4-6-16(23)7-5-15/h3-7,9,13,17,21H,8,10-12H2,1-2H3,(H,26,27). The van der Waals surface area contributed by atoms with Crippen molar-refractivity contribution in [1.29, 1.82) is 0 Å². The molecule has 1 heterocycles. The van der Waals surface area contributed by atoms with E-state index in [0.29, 0.717) is 35.9 Å². The van der Waals surface area contributed by atoms with Crippen molar-refractivity contribution in [3.05, 3.63) is 58.6 Å². The lowest BCUT2D eigenvalue weighted by molar-refractivity contribution is -0.152. The summed E-state index contributed by atoms with van der Waals surface area (Å²) in [5, 5.41) is 10.3. The molecule has 1 aliphatic heterocycles. The first-order valence-electron chi connectivity index (χ1n) is 9.43. The maximum Gasteiger partial charge on any atom is 0.308 e.